The highest BCUT2D eigenvalue weighted by Crippen LogP contribution is 2.43. The highest BCUT2D eigenvalue weighted by atomic mass is 32.2. The summed E-state index contributed by atoms with van der Waals surface area (Å²) in [5.41, 5.74) is 3.53. The van der Waals surface area contributed by atoms with Gasteiger partial charge in [-0.3, -0.25) is 4.18 Å². The fourth-order valence-corrected chi connectivity index (χ4v) is 5.75. The summed E-state index contributed by atoms with van der Waals surface area (Å²) >= 11 is -3.99. The van der Waals surface area contributed by atoms with Crippen molar-refractivity contribution in [1.82, 2.24) is 0 Å². The molecule has 6 heteroatoms. The molecule has 4 aromatic carbocycles. The van der Waals surface area contributed by atoms with Gasteiger partial charge in [0.1, 0.15) is 0 Å². The molecule has 0 aliphatic rings. The summed E-state index contributed by atoms with van der Waals surface area (Å²) in [5, 5.41) is 3.63. The van der Waals surface area contributed by atoms with Crippen molar-refractivity contribution in [1.29, 1.82) is 0 Å². The van der Waals surface area contributed by atoms with Crippen LogP contribution in [0.5, 0.6) is 0 Å². The molecule has 35 heavy (non-hydrogen) atoms. The van der Waals surface area contributed by atoms with E-state index in [9.17, 15) is 13.0 Å². The lowest BCUT2D eigenvalue weighted by Gasteiger charge is -2.22. The summed E-state index contributed by atoms with van der Waals surface area (Å²) < 4.78 is 41.1. The first-order chi connectivity index (χ1) is 16.3. The van der Waals surface area contributed by atoms with Crippen LogP contribution in [0.1, 0.15) is 52.7 Å². The molecule has 4 nitrogen and oxygen atoms in total. The summed E-state index contributed by atoms with van der Waals surface area (Å²) in [5.74, 6) is 0. The summed E-state index contributed by atoms with van der Waals surface area (Å²) in [6.07, 6.45) is 0. The van der Waals surface area contributed by atoms with Gasteiger partial charge in [0, 0.05) is 11.1 Å². The van der Waals surface area contributed by atoms with Crippen LogP contribution >= 0.6 is 0 Å². The van der Waals surface area contributed by atoms with Gasteiger partial charge in [-0.15, -0.1) is 0 Å². The molecule has 4 rings (SSSR count). The van der Waals surface area contributed by atoms with Crippen LogP contribution in [0.3, 0.4) is 0 Å². The lowest BCUT2D eigenvalue weighted by Crippen LogP contribution is -2.11. The number of fused-ring (bicyclic) bond motifs is 2. The van der Waals surface area contributed by atoms with Gasteiger partial charge >= 0.3 is 0 Å². The van der Waals surface area contributed by atoms with Gasteiger partial charge < -0.3 is 4.55 Å². The maximum Gasteiger partial charge on any atom is 0.189 e. The van der Waals surface area contributed by atoms with Crippen molar-refractivity contribution in [3.8, 4) is 11.1 Å². The van der Waals surface area contributed by atoms with Crippen LogP contribution < -0.4 is 0 Å². The van der Waals surface area contributed by atoms with Crippen LogP contribution in [-0.4, -0.2) is 20.1 Å². The molecule has 0 aliphatic heterocycles. The molecule has 4 aromatic rings. The van der Waals surface area contributed by atoms with Gasteiger partial charge in [0.2, 0.25) is 0 Å². The Balaban J connectivity index is 2.18. The molecule has 0 aliphatic carbocycles. The molecule has 2 atom stereocenters. The Bertz CT molecular complexity index is 1490. The molecule has 0 saturated carbocycles. The molecule has 1 N–H and O–H groups in total. The number of hydrogen-bond donors (Lipinski definition) is 1. The molecule has 2 unspecified atom stereocenters. The maximum absolute atomic E-state index is 13.0. The highest BCUT2D eigenvalue weighted by Gasteiger charge is 2.24. The van der Waals surface area contributed by atoms with Crippen LogP contribution in [0.2, 0.25) is 0 Å². The van der Waals surface area contributed by atoms with Gasteiger partial charge in [0.25, 0.3) is 0 Å². The Hall–Kier alpha value is -2.38. The average Bonchev–Trinajstić information content (AvgIpc) is 2.80. The maximum atomic E-state index is 13.0. The van der Waals surface area contributed by atoms with E-state index in [1.807, 2.05) is 24.3 Å². The molecule has 0 heterocycles. The Morgan fingerprint density at radius 2 is 1.09 bits per heavy atom. The standard InChI is InChI=1S/C29H32O4S2/c1-28(2,3)20-10-12-22-18(16-20)8-14-24(34(30)31)26(22)27-23-13-11-21(29(4,5)6)17-19(23)9-15-25(27)35(32)33-7/h8-17H,1-7H3,(H,30,31). The van der Waals surface area contributed by atoms with Crippen molar-refractivity contribution in [2.45, 2.75) is 62.2 Å². The van der Waals surface area contributed by atoms with E-state index in [-0.39, 0.29) is 15.7 Å². The minimum Gasteiger partial charge on any atom is -0.302 e. The quantitative estimate of drug-likeness (QED) is 0.290. The van der Waals surface area contributed by atoms with Gasteiger partial charge in [-0.2, -0.15) is 0 Å². The summed E-state index contributed by atoms with van der Waals surface area (Å²) in [6, 6.07) is 19.7. The van der Waals surface area contributed by atoms with Gasteiger partial charge in [-0.25, -0.2) is 8.42 Å². The number of benzene rings is 4. The van der Waals surface area contributed by atoms with Gasteiger partial charge in [-0.1, -0.05) is 90.1 Å². The predicted molar refractivity (Wildman–Crippen MR) is 147 cm³/mol. The minimum atomic E-state index is -2.24. The van der Waals surface area contributed by atoms with E-state index in [0.717, 1.165) is 21.5 Å². The highest BCUT2D eigenvalue weighted by molar-refractivity contribution is 7.80. The van der Waals surface area contributed by atoms with Crippen molar-refractivity contribution in [2.24, 2.45) is 0 Å². The van der Waals surface area contributed by atoms with E-state index in [4.69, 9.17) is 4.18 Å². The summed E-state index contributed by atoms with van der Waals surface area (Å²) in [7, 11) is 1.40. The van der Waals surface area contributed by atoms with Gasteiger partial charge in [0.15, 0.2) is 22.2 Å². The zero-order valence-electron chi connectivity index (χ0n) is 21.3. The first-order valence-electron chi connectivity index (χ1n) is 11.5. The molecular weight excluding hydrogens is 476 g/mol. The average molecular weight is 509 g/mol. The first kappa shape index (κ1) is 25.7. The fourth-order valence-electron chi connectivity index (χ4n) is 4.44. The Kier molecular flexibility index (Phi) is 6.79. The Labute approximate surface area is 212 Å². The van der Waals surface area contributed by atoms with E-state index < -0.39 is 22.2 Å². The molecule has 0 spiro atoms. The Morgan fingerprint density at radius 1 is 0.657 bits per heavy atom. The van der Waals surface area contributed by atoms with E-state index >= 15 is 0 Å². The molecule has 0 bridgehead atoms. The second-order valence-corrected chi connectivity index (χ2v) is 13.1. The first-order valence-corrected chi connectivity index (χ1v) is 13.7. The van der Waals surface area contributed by atoms with Crippen LogP contribution in [0.25, 0.3) is 32.7 Å². The normalized spacial score (nSPS) is 14.4. The molecule has 184 valence electrons. The number of hydrogen-bond acceptors (Lipinski definition) is 3. The second-order valence-electron chi connectivity index (χ2n) is 10.9. The van der Waals surface area contributed by atoms with E-state index in [1.54, 1.807) is 12.1 Å². The van der Waals surface area contributed by atoms with Crippen molar-refractivity contribution in [3.63, 3.8) is 0 Å². The zero-order valence-corrected chi connectivity index (χ0v) is 22.9. The van der Waals surface area contributed by atoms with E-state index in [2.05, 4.69) is 65.8 Å². The molecule has 0 saturated heterocycles. The summed E-state index contributed by atoms with van der Waals surface area (Å²) in [4.78, 5) is 0.755. The Morgan fingerprint density at radius 3 is 1.49 bits per heavy atom. The largest absolute Gasteiger partial charge is 0.302 e. The van der Waals surface area contributed by atoms with Gasteiger partial charge in [0.05, 0.1) is 16.9 Å². The molecule has 0 fully saturated rings. The van der Waals surface area contributed by atoms with Crippen molar-refractivity contribution in [2.75, 3.05) is 7.11 Å². The lowest BCUT2D eigenvalue weighted by molar-refractivity contribution is 0.446. The minimum absolute atomic E-state index is 0.0388. The third-order valence-electron chi connectivity index (χ3n) is 6.46. The molecule has 0 radical (unpaired) electrons. The SMILES string of the molecule is COS(=O)c1ccc2cc(C(C)(C)C)ccc2c1-c1c(S(=O)O)ccc2cc(C(C)(C)C)ccc12. The van der Waals surface area contributed by atoms with Crippen LogP contribution in [0, 0.1) is 0 Å². The molecular formula is C29H32O4S2. The van der Waals surface area contributed by atoms with E-state index in [0.29, 0.717) is 16.0 Å². The second kappa shape index (κ2) is 9.25. The molecule has 0 aromatic heterocycles. The fraction of sp³-hybridized carbons (Fsp3) is 0.310. The summed E-state index contributed by atoms with van der Waals surface area (Å²) in [6.45, 7) is 13.0. The predicted octanol–water partition coefficient (Wildman–Crippen LogP) is 7.50. The zero-order chi connectivity index (χ0) is 25.7. The van der Waals surface area contributed by atoms with Crippen molar-refractivity contribution in [3.05, 3.63) is 71.8 Å². The number of rotatable bonds is 4. The third-order valence-corrected chi connectivity index (χ3v) is 8.18. The monoisotopic (exact) mass is 508 g/mol. The van der Waals surface area contributed by atoms with Gasteiger partial charge in [-0.05, 0) is 55.6 Å². The van der Waals surface area contributed by atoms with Crippen molar-refractivity contribution >= 4 is 43.7 Å². The van der Waals surface area contributed by atoms with Crippen LogP contribution in [0.4, 0.5) is 0 Å². The van der Waals surface area contributed by atoms with Crippen LogP contribution in [-0.2, 0) is 37.2 Å². The van der Waals surface area contributed by atoms with E-state index in [1.165, 1.54) is 18.2 Å². The lowest BCUT2D eigenvalue weighted by atomic mass is 9.83. The topological polar surface area (TPSA) is 63.6 Å². The van der Waals surface area contributed by atoms with Crippen molar-refractivity contribution < 1.29 is 17.2 Å². The smallest absolute Gasteiger partial charge is 0.189 e. The van der Waals surface area contributed by atoms with Crippen LogP contribution in [0.15, 0.2) is 70.5 Å². The third kappa shape index (κ3) is 4.85. The molecule has 0 amide bonds.